The number of carbonyl (C=O) groups excluding carboxylic acids is 3. The third-order valence-corrected chi connectivity index (χ3v) is 9.31. The van der Waals surface area contributed by atoms with Gasteiger partial charge < -0.3 is 18.9 Å². The Morgan fingerprint density at radius 2 is 1.77 bits per heavy atom. The molecule has 0 aliphatic carbocycles. The summed E-state index contributed by atoms with van der Waals surface area (Å²) >= 11 is 0. The molecule has 1 N–H and O–H groups in total. The molecule has 206 valence electrons. The van der Waals surface area contributed by atoms with Crippen LogP contribution in [0.3, 0.4) is 0 Å². The van der Waals surface area contributed by atoms with Crippen LogP contribution in [0.25, 0.3) is 22.3 Å². The van der Waals surface area contributed by atoms with Gasteiger partial charge in [0.2, 0.25) is 11.8 Å². The number of likely N-dealkylation sites (tertiary alicyclic amines) is 1. The van der Waals surface area contributed by atoms with E-state index in [0.29, 0.717) is 43.6 Å². The number of carbonyl (C=O) groups is 3. The standard InChI is InChI=1S/C30H31N5O5/c36-27-4-3-26(29(37)32-27)35-12-18-7-17(1-2-24(18)30(35)38)25-8-19(9-33-10-20-13-39-14-21(20)11-33)23-5-6-34(28(23)31-25)22-15-40-16-22/h1-2,5-8,20-22,26H,3-4,9-16H2,(H,32,36,37). The average molecular weight is 542 g/mol. The number of hydrogen-bond acceptors (Lipinski definition) is 7. The molecule has 2 aromatic heterocycles. The number of nitrogens with one attached hydrogen (secondary N) is 1. The van der Waals surface area contributed by atoms with Crippen molar-refractivity contribution in [2.24, 2.45) is 11.8 Å². The minimum atomic E-state index is -0.625. The molecule has 4 saturated heterocycles. The second-order valence-corrected chi connectivity index (χ2v) is 11.8. The van der Waals surface area contributed by atoms with Crippen molar-refractivity contribution in [2.45, 2.75) is 38.0 Å². The fourth-order valence-corrected chi connectivity index (χ4v) is 7.04. The van der Waals surface area contributed by atoms with Crippen molar-refractivity contribution in [3.63, 3.8) is 0 Å². The third kappa shape index (κ3) is 3.88. The lowest BCUT2D eigenvalue weighted by molar-refractivity contribution is -0.136. The minimum absolute atomic E-state index is 0.164. The molecule has 3 unspecified atom stereocenters. The van der Waals surface area contributed by atoms with Crippen molar-refractivity contribution in [3.8, 4) is 11.3 Å². The number of amides is 3. The van der Waals surface area contributed by atoms with Gasteiger partial charge in [0, 0.05) is 67.1 Å². The van der Waals surface area contributed by atoms with Crippen LogP contribution in [0, 0.1) is 11.8 Å². The number of ether oxygens (including phenoxy) is 2. The summed E-state index contributed by atoms with van der Waals surface area (Å²) in [6.45, 7) is 6.42. The van der Waals surface area contributed by atoms with E-state index in [1.807, 2.05) is 18.2 Å². The number of hydrogen-bond donors (Lipinski definition) is 1. The molecule has 0 bridgehead atoms. The van der Waals surface area contributed by atoms with Crippen LogP contribution in [-0.4, -0.2) is 82.6 Å². The lowest BCUT2D eigenvalue weighted by Crippen LogP contribution is -2.52. The molecule has 0 radical (unpaired) electrons. The lowest BCUT2D eigenvalue weighted by atomic mass is 10.0. The summed E-state index contributed by atoms with van der Waals surface area (Å²) in [5, 5.41) is 3.54. The highest BCUT2D eigenvalue weighted by Crippen LogP contribution is 2.35. The van der Waals surface area contributed by atoms with Gasteiger partial charge in [-0.05, 0) is 41.8 Å². The first-order valence-corrected chi connectivity index (χ1v) is 14.2. The van der Waals surface area contributed by atoms with Crippen LogP contribution in [-0.2, 0) is 32.2 Å². The molecule has 3 aromatic rings. The van der Waals surface area contributed by atoms with Crippen LogP contribution in [0.4, 0.5) is 0 Å². The third-order valence-electron chi connectivity index (χ3n) is 9.31. The maximum absolute atomic E-state index is 13.2. The van der Waals surface area contributed by atoms with Crippen LogP contribution in [0.5, 0.6) is 0 Å². The zero-order valence-electron chi connectivity index (χ0n) is 22.2. The fraction of sp³-hybridized carbons (Fsp3) is 0.467. The molecule has 40 heavy (non-hydrogen) atoms. The smallest absolute Gasteiger partial charge is 0.255 e. The highest BCUT2D eigenvalue weighted by atomic mass is 16.5. The number of fused-ring (bicyclic) bond motifs is 3. The largest absolute Gasteiger partial charge is 0.381 e. The summed E-state index contributed by atoms with van der Waals surface area (Å²) < 4.78 is 13.4. The molecule has 3 atom stereocenters. The molecule has 1 aromatic carbocycles. The van der Waals surface area contributed by atoms with E-state index in [9.17, 15) is 14.4 Å². The summed E-state index contributed by atoms with van der Waals surface area (Å²) in [6.07, 6.45) is 2.72. The van der Waals surface area contributed by atoms with Gasteiger partial charge >= 0.3 is 0 Å². The number of rotatable bonds is 5. The molecule has 8 rings (SSSR count). The van der Waals surface area contributed by atoms with E-state index in [0.717, 1.165) is 55.3 Å². The Hall–Kier alpha value is -3.60. The van der Waals surface area contributed by atoms with Crippen LogP contribution in [0.15, 0.2) is 36.5 Å². The molecule has 5 aliphatic rings. The van der Waals surface area contributed by atoms with E-state index in [4.69, 9.17) is 14.5 Å². The number of nitrogens with zero attached hydrogens (tertiary/aromatic N) is 4. The number of imide groups is 1. The van der Waals surface area contributed by atoms with E-state index < -0.39 is 11.9 Å². The van der Waals surface area contributed by atoms with E-state index in [1.165, 1.54) is 10.9 Å². The number of benzene rings is 1. The van der Waals surface area contributed by atoms with Crippen molar-refractivity contribution in [3.05, 3.63) is 53.2 Å². The van der Waals surface area contributed by atoms with Crippen LogP contribution in [0.1, 0.15) is 40.4 Å². The summed E-state index contributed by atoms with van der Waals surface area (Å²) in [6, 6.07) is 9.89. The van der Waals surface area contributed by atoms with Crippen molar-refractivity contribution < 1.29 is 23.9 Å². The van der Waals surface area contributed by atoms with Gasteiger partial charge in [-0.3, -0.25) is 24.6 Å². The van der Waals surface area contributed by atoms with Crippen molar-refractivity contribution in [2.75, 3.05) is 39.5 Å². The van der Waals surface area contributed by atoms with Crippen molar-refractivity contribution in [1.29, 1.82) is 0 Å². The summed E-state index contributed by atoms with van der Waals surface area (Å²) in [7, 11) is 0. The highest BCUT2D eigenvalue weighted by Gasteiger charge is 2.40. The number of pyridine rings is 1. The Balaban J connectivity index is 1.13. The van der Waals surface area contributed by atoms with Gasteiger partial charge in [-0.2, -0.15) is 0 Å². The summed E-state index contributed by atoms with van der Waals surface area (Å²) in [5.74, 6) is 0.397. The maximum Gasteiger partial charge on any atom is 0.255 e. The molecule has 10 nitrogen and oxygen atoms in total. The molecule has 10 heteroatoms. The predicted molar refractivity (Wildman–Crippen MR) is 144 cm³/mol. The quantitative estimate of drug-likeness (QED) is 0.494. The Labute approximate surface area is 231 Å². The second-order valence-electron chi connectivity index (χ2n) is 11.8. The number of piperidine rings is 1. The Bertz CT molecular complexity index is 1550. The zero-order chi connectivity index (χ0) is 27.0. The van der Waals surface area contributed by atoms with Crippen LogP contribution < -0.4 is 5.32 Å². The normalized spacial score (nSPS) is 26.9. The first kappa shape index (κ1) is 24.2. The van der Waals surface area contributed by atoms with Crippen molar-refractivity contribution in [1.82, 2.24) is 24.7 Å². The van der Waals surface area contributed by atoms with E-state index in [1.54, 1.807) is 4.90 Å². The van der Waals surface area contributed by atoms with Crippen LogP contribution in [0.2, 0.25) is 0 Å². The lowest BCUT2D eigenvalue weighted by Gasteiger charge is -2.29. The van der Waals surface area contributed by atoms with Gasteiger partial charge in [0.05, 0.1) is 38.2 Å². The molecule has 0 spiro atoms. The molecular formula is C30H31N5O5. The topological polar surface area (TPSA) is 106 Å². The second kappa shape index (κ2) is 9.22. The molecule has 7 heterocycles. The van der Waals surface area contributed by atoms with Crippen molar-refractivity contribution >= 4 is 28.8 Å². The van der Waals surface area contributed by atoms with E-state index in [2.05, 4.69) is 33.1 Å². The Morgan fingerprint density at radius 3 is 2.52 bits per heavy atom. The minimum Gasteiger partial charge on any atom is -0.381 e. The highest BCUT2D eigenvalue weighted by molar-refractivity contribution is 6.05. The fourth-order valence-electron chi connectivity index (χ4n) is 7.04. The average Bonchev–Trinajstić information content (AvgIpc) is 3.67. The maximum atomic E-state index is 13.2. The van der Waals surface area contributed by atoms with Crippen LogP contribution >= 0.6 is 0 Å². The molecule has 4 fully saturated rings. The SMILES string of the molecule is O=C1CCC(N2Cc3cc(-c4cc(CN5CC6COCC6C5)c5ccn(C6COC6)c5n4)ccc3C2=O)C(=O)N1. The Morgan fingerprint density at radius 1 is 0.975 bits per heavy atom. The predicted octanol–water partition coefficient (Wildman–Crippen LogP) is 2.11. The monoisotopic (exact) mass is 541 g/mol. The summed E-state index contributed by atoms with van der Waals surface area (Å²) in [5.41, 5.74) is 5.53. The van der Waals surface area contributed by atoms with E-state index >= 15 is 0 Å². The first-order chi connectivity index (χ1) is 19.5. The first-order valence-electron chi connectivity index (χ1n) is 14.2. The summed E-state index contributed by atoms with van der Waals surface area (Å²) in [4.78, 5) is 46.6. The van der Waals surface area contributed by atoms with Gasteiger partial charge in [0.25, 0.3) is 5.91 Å². The molecule has 3 amide bonds. The van der Waals surface area contributed by atoms with Gasteiger partial charge in [0.1, 0.15) is 11.7 Å². The van der Waals surface area contributed by atoms with Gasteiger partial charge in [-0.1, -0.05) is 6.07 Å². The van der Waals surface area contributed by atoms with Gasteiger partial charge in [0.15, 0.2) is 0 Å². The van der Waals surface area contributed by atoms with Gasteiger partial charge in [-0.25, -0.2) is 4.98 Å². The number of aromatic nitrogens is 2. The zero-order valence-corrected chi connectivity index (χ0v) is 22.2. The molecule has 5 aliphatic heterocycles. The van der Waals surface area contributed by atoms with Gasteiger partial charge in [-0.15, -0.1) is 0 Å². The Kier molecular flexibility index (Phi) is 5.58. The van der Waals surface area contributed by atoms with E-state index in [-0.39, 0.29) is 24.3 Å². The molecule has 0 saturated carbocycles. The molecular weight excluding hydrogens is 510 g/mol.